The number of morpholine rings is 1. The summed E-state index contributed by atoms with van der Waals surface area (Å²) in [5.41, 5.74) is 2.22. The number of rotatable bonds is 6. The third-order valence-corrected chi connectivity index (χ3v) is 4.59. The van der Waals surface area contributed by atoms with E-state index in [-0.39, 0.29) is 18.2 Å². The molecular formula is C21H26N2O3. The molecule has 0 unspecified atom stereocenters. The fourth-order valence-electron chi connectivity index (χ4n) is 2.96. The lowest BCUT2D eigenvalue weighted by Crippen LogP contribution is -2.52. The largest absolute Gasteiger partial charge is 0.445 e. The monoisotopic (exact) mass is 354 g/mol. The van der Waals surface area contributed by atoms with Crippen molar-refractivity contribution in [2.45, 2.75) is 32.2 Å². The average Bonchev–Trinajstić information content (AvgIpc) is 2.72. The van der Waals surface area contributed by atoms with E-state index in [4.69, 9.17) is 9.47 Å². The Balaban J connectivity index is 1.46. The van der Waals surface area contributed by atoms with Crippen LogP contribution >= 0.6 is 0 Å². The van der Waals surface area contributed by atoms with E-state index in [1.165, 1.54) is 5.56 Å². The average molecular weight is 354 g/mol. The molecule has 1 aliphatic heterocycles. The summed E-state index contributed by atoms with van der Waals surface area (Å²) < 4.78 is 11.3. The zero-order valence-electron chi connectivity index (χ0n) is 15.1. The van der Waals surface area contributed by atoms with Crippen molar-refractivity contribution in [3.05, 3.63) is 71.8 Å². The molecule has 2 aromatic carbocycles. The standard InChI is InChI=1S/C21H26N2O3/c1-17(22-14-18-8-4-2-5-9-18)20-15-23(12-13-25-20)21(24)26-16-19-10-6-3-7-11-19/h2-11,17,20,22H,12-16H2,1H3/t17-,20-/m1/s1. The van der Waals surface area contributed by atoms with Crippen LogP contribution in [0.25, 0.3) is 0 Å². The first-order valence-corrected chi connectivity index (χ1v) is 9.07. The van der Waals surface area contributed by atoms with Crippen LogP contribution < -0.4 is 5.32 Å². The number of carbonyl (C=O) groups is 1. The van der Waals surface area contributed by atoms with Gasteiger partial charge in [0.1, 0.15) is 6.61 Å². The summed E-state index contributed by atoms with van der Waals surface area (Å²) in [5.74, 6) is 0. The van der Waals surface area contributed by atoms with Crippen molar-refractivity contribution in [3.8, 4) is 0 Å². The Bertz CT molecular complexity index is 678. The van der Waals surface area contributed by atoms with Gasteiger partial charge in [-0.2, -0.15) is 0 Å². The van der Waals surface area contributed by atoms with E-state index in [0.29, 0.717) is 26.3 Å². The Labute approximate surface area is 154 Å². The normalized spacial score (nSPS) is 18.3. The van der Waals surface area contributed by atoms with Crippen LogP contribution in [0.4, 0.5) is 4.79 Å². The van der Waals surface area contributed by atoms with Gasteiger partial charge in [-0.25, -0.2) is 4.79 Å². The zero-order valence-corrected chi connectivity index (χ0v) is 15.1. The molecule has 2 atom stereocenters. The second-order valence-corrected chi connectivity index (χ2v) is 6.55. The lowest BCUT2D eigenvalue weighted by Gasteiger charge is -2.35. The third kappa shape index (κ3) is 5.31. The SMILES string of the molecule is C[C@@H](NCc1ccccc1)[C@H]1CN(C(=O)OCc2ccccc2)CCO1. The fraction of sp³-hybridized carbons (Fsp3) is 0.381. The van der Waals surface area contributed by atoms with Crippen molar-refractivity contribution in [2.75, 3.05) is 19.7 Å². The maximum Gasteiger partial charge on any atom is 0.410 e. The van der Waals surface area contributed by atoms with Crippen LogP contribution in [0.2, 0.25) is 0 Å². The fourth-order valence-corrected chi connectivity index (χ4v) is 2.96. The summed E-state index contributed by atoms with van der Waals surface area (Å²) >= 11 is 0. The maximum atomic E-state index is 12.3. The van der Waals surface area contributed by atoms with Crippen LogP contribution in [0.15, 0.2) is 60.7 Å². The van der Waals surface area contributed by atoms with Gasteiger partial charge in [-0.1, -0.05) is 60.7 Å². The van der Waals surface area contributed by atoms with Crippen molar-refractivity contribution in [1.29, 1.82) is 0 Å². The highest BCUT2D eigenvalue weighted by Crippen LogP contribution is 2.12. The Morgan fingerprint density at radius 1 is 1.15 bits per heavy atom. The van der Waals surface area contributed by atoms with E-state index in [2.05, 4.69) is 24.4 Å². The zero-order chi connectivity index (χ0) is 18.2. The number of nitrogens with one attached hydrogen (secondary N) is 1. The van der Waals surface area contributed by atoms with Crippen LogP contribution in [0.1, 0.15) is 18.1 Å². The molecule has 0 radical (unpaired) electrons. The predicted octanol–water partition coefficient (Wildman–Crippen LogP) is 3.20. The summed E-state index contributed by atoms with van der Waals surface area (Å²) in [7, 11) is 0. The summed E-state index contributed by atoms with van der Waals surface area (Å²) in [4.78, 5) is 14.1. The molecule has 2 aromatic rings. The second kappa shape index (κ2) is 9.36. The van der Waals surface area contributed by atoms with Crippen molar-refractivity contribution < 1.29 is 14.3 Å². The Hall–Kier alpha value is -2.37. The summed E-state index contributed by atoms with van der Waals surface area (Å²) in [6.07, 6.45) is -0.325. The number of carbonyl (C=O) groups excluding carboxylic acids is 1. The topological polar surface area (TPSA) is 50.8 Å². The molecule has 1 N–H and O–H groups in total. The summed E-state index contributed by atoms with van der Waals surface area (Å²) in [6, 6.07) is 20.1. The van der Waals surface area contributed by atoms with Crippen LogP contribution in [0.5, 0.6) is 0 Å². The van der Waals surface area contributed by atoms with E-state index >= 15 is 0 Å². The van der Waals surface area contributed by atoms with Gasteiger partial charge in [0.05, 0.1) is 19.3 Å². The van der Waals surface area contributed by atoms with Crippen molar-refractivity contribution in [1.82, 2.24) is 10.2 Å². The molecule has 0 saturated carbocycles. The molecule has 0 spiro atoms. The minimum Gasteiger partial charge on any atom is -0.445 e. The molecule has 1 aliphatic rings. The van der Waals surface area contributed by atoms with Crippen LogP contribution in [0.3, 0.4) is 0 Å². The van der Waals surface area contributed by atoms with Gasteiger partial charge < -0.3 is 19.7 Å². The molecule has 1 heterocycles. The Morgan fingerprint density at radius 3 is 2.50 bits per heavy atom. The molecule has 1 amide bonds. The van der Waals surface area contributed by atoms with E-state index in [0.717, 1.165) is 12.1 Å². The van der Waals surface area contributed by atoms with E-state index in [9.17, 15) is 4.79 Å². The predicted molar refractivity (Wildman–Crippen MR) is 101 cm³/mol. The number of nitrogens with zero attached hydrogens (tertiary/aromatic N) is 1. The first-order valence-electron chi connectivity index (χ1n) is 9.07. The van der Waals surface area contributed by atoms with Gasteiger partial charge in [0.25, 0.3) is 0 Å². The van der Waals surface area contributed by atoms with Gasteiger partial charge in [0.15, 0.2) is 0 Å². The number of hydrogen-bond acceptors (Lipinski definition) is 4. The maximum absolute atomic E-state index is 12.3. The Morgan fingerprint density at radius 2 is 1.81 bits per heavy atom. The van der Waals surface area contributed by atoms with Gasteiger partial charge >= 0.3 is 6.09 Å². The highest BCUT2D eigenvalue weighted by Gasteiger charge is 2.28. The lowest BCUT2D eigenvalue weighted by molar-refractivity contribution is -0.0419. The van der Waals surface area contributed by atoms with Gasteiger partial charge in [-0.15, -0.1) is 0 Å². The molecule has 138 valence electrons. The molecule has 1 saturated heterocycles. The number of benzene rings is 2. The number of amides is 1. The molecule has 3 rings (SSSR count). The lowest BCUT2D eigenvalue weighted by atomic mass is 10.1. The smallest absolute Gasteiger partial charge is 0.410 e. The summed E-state index contributed by atoms with van der Waals surface area (Å²) in [6.45, 7) is 4.80. The van der Waals surface area contributed by atoms with E-state index in [1.54, 1.807) is 4.90 Å². The molecule has 1 fully saturated rings. The molecule has 0 aliphatic carbocycles. The van der Waals surface area contributed by atoms with Crippen molar-refractivity contribution >= 4 is 6.09 Å². The van der Waals surface area contributed by atoms with Crippen LogP contribution in [0, 0.1) is 0 Å². The van der Waals surface area contributed by atoms with Gasteiger partial charge in [-0.05, 0) is 18.1 Å². The number of ether oxygens (including phenoxy) is 2. The molecule has 0 aromatic heterocycles. The molecule has 0 bridgehead atoms. The minimum atomic E-state index is -0.280. The first kappa shape index (κ1) is 18.4. The molecule has 26 heavy (non-hydrogen) atoms. The first-order chi connectivity index (χ1) is 12.7. The minimum absolute atomic E-state index is 0.0447. The quantitative estimate of drug-likeness (QED) is 0.865. The Kier molecular flexibility index (Phi) is 6.63. The van der Waals surface area contributed by atoms with E-state index in [1.807, 2.05) is 48.5 Å². The highest BCUT2D eigenvalue weighted by molar-refractivity contribution is 5.67. The van der Waals surface area contributed by atoms with Gasteiger partial charge in [-0.3, -0.25) is 0 Å². The summed E-state index contributed by atoms with van der Waals surface area (Å²) in [5, 5.41) is 3.48. The highest BCUT2D eigenvalue weighted by atomic mass is 16.6. The molecule has 5 nitrogen and oxygen atoms in total. The van der Waals surface area contributed by atoms with Gasteiger partial charge in [0.2, 0.25) is 0 Å². The van der Waals surface area contributed by atoms with E-state index < -0.39 is 0 Å². The van der Waals surface area contributed by atoms with Crippen LogP contribution in [-0.2, 0) is 22.6 Å². The van der Waals surface area contributed by atoms with Gasteiger partial charge in [0, 0.05) is 19.1 Å². The molecule has 5 heteroatoms. The van der Waals surface area contributed by atoms with Crippen molar-refractivity contribution in [3.63, 3.8) is 0 Å². The third-order valence-electron chi connectivity index (χ3n) is 4.59. The number of hydrogen-bond donors (Lipinski definition) is 1. The molecular weight excluding hydrogens is 328 g/mol. The van der Waals surface area contributed by atoms with Crippen LogP contribution in [-0.4, -0.2) is 42.8 Å². The second-order valence-electron chi connectivity index (χ2n) is 6.55. The van der Waals surface area contributed by atoms with Crippen molar-refractivity contribution in [2.24, 2.45) is 0 Å².